The molecule has 0 bridgehead atoms. The van der Waals surface area contributed by atoms with Crippen molar-refractivity contribution < 1.29 is 14.7 Å². The van der Waals surface area contributed by atoms with Crippen molar-refractivity contribution in [2.45, 2.75) is 20.0 Å². The lowest BCUT2D eigenvalue weighted by Crippen LogP contribution is -2.34. The summed E-state index contributed by atoms with van der Waals surface area (Å²) in [5, 5.41) is 21.3. The van der Waals surface area contributed by atoms with Crippen molar-refractivity contribution in [3.63, 3.8) is 0 Å². The number of aliphatic carboxylic acids is 1. The number of aromatic nitrogens is 4. The molecule has 3 heterocycles. The molecule has 0 radical (unpaired) electrons. The number of fused-ring (bicyclic) bond motifs is 3. The Morgan fingerprint density at radius 1 is 1.25 bits per heavy atom. The highest BCUT2D eigenvalue weighted by molar-refractivity contribution is 6.05. The molecule has 0 saturated heterocycles. The largest absolute Gasteiger partial charge is 0.480 e. The number of nitrogens with one attached hydrogen (secondary N) is 1. The summed E-state index contributed by atoms with van der Waals surface area (Å²) in [5.41, 5.74) is 1.68. The molecular weight excluding hydrogens is 412 g/mol. The van der Waals surface area contributed by atoms with Gasteiger partial charge in [0.1, 0.15) is 29.1 Å². The minimum Gasteiger partial charge on any atom is -0.480 e. The molecule has 160 valence electrons. The van der Waals surface area contributed by atoms with Crippen LogP contribution in [0.15, 0.2) is 41.3 Å². The van der Waals surface area contributed by atoms with Crippen LogP contribution in [0.4, 0.5) is 0 Å². The normalized spacial score (nSPS) is 10.9. The minimum absolute atomic E-state index is 0.133. The van der Waals surface area contributed by atoms with Crippen LogP contribution in [-0.2, 0) is 24.9 Å². The number of nitrogens with zero attached hydrogens (tertiary/aromatic N) is 5. The quantitative estimate of drug-likeness (QED) is 0.488. The third-order valence-corrected chi connectivity index (χ3v) is 5.24. The molecule has 0 spiro atoms. The molecule has 1 amide bonds. The van der Waals surface area contributed by atoms with E-state index < -0.39 is 24.0 Å². The highest BCUT2D eigenvalue weighted by Crippen LogP contribution is 2.24. The molecule has 0 aliphatic rings. The SMILES string of the molecule is Cc1nc2cnc3c(cc(C(=O)NCc4ccc(C#N)cc4)c(=O)n3CC(=O)O)c2n1C. The molecule has 0 fully saturated rings. The number of carbonyl (C=O) groups is 2. The lowest BCUT2D eigenvalue weighted by molar-refractivity contribution is -0.137. The predicted octanol–water partition coefficient (Wildman–Crippen LogP) is 1.48. The van der Waals surface area contributed by atoms with Gasteiger partial charge in [-0.1, -0.05) is 12.1 Å². The van der Waals surface area contributed by atoms with E-state index in [0.717, 1.165) is 10.1 Å². The lowest BCUT2D eigenvalue weighted by Gasteiger charge is -2.12. The molecular formula is C22H18N6O4. The summed E-state index contributed by atoms with van der Waals surface area (Å²) in [6, 6.07) is 10.1. The summed E-state index contributed by atoms with van der Waals surface area (Å²) in [6.07, 6.45) is 1.48. The van der Waals surface area contributed by atoms with E-state index >= 15 is 0 Å². The Morgan fingerprint density at radius 3 is 2.62 bits per heavy atom. The van der Waals surface area contributed by atoms with Crippen LogP contribution in [0.5, 0.6) is 0 Å². The molecule has 0 aliphatic carbocycles. The van der Waals surface area contributed by atoms with Gasteiger partial charge >= 0.3 is 5.97 Å². The molecule has 0 aliphatic heterocycles. The topological polar surface area (TPSA) is 143 Å². The summed E-state index contributed by atoms with van der Waals surface area (Å²) in [7, 11) is 1.79. The van der Waals surface area contributed by atoms with Crippen molar-refractivity contribution in [3.8, 4) is 6.07 Å². The maximum absolute atomic E-state index is 13.0. The Labute approximate surface area is 181 Å². The van der Waals surface area contributed by atoms with Crippen molar-refractivity contribution in [1.82, 2.24) is 24.4 Å². The number of amides is 1. The fourth-order valence-corrected chi connectivity index (χ4v) is 3.56. The van der Waals surface area contributed by atoms with E-state index in [1.54, 1.807) is 35.9 Å². The number of carboxylic acids is 1. The lowest BCUT2D eigenvalue weighted by atomic mass is 10.1. The highest BCUT2D eigenvalue weighted by atomic mass is 16.4. The van der Waals surface area contributed by atoms with Gasteiger partial charge in [0.15, 0.2) is 0 Å². The van der Waals surface area contributed by atoms with Gasteiger partial charge in [0.2, 0.25) is 0 Å². The average molecular weight is 430 g/mol. The zero-order valence-corrected chi connectivity index (χ0v) is 17.3. The van der Waals surface area contributed by atoms with Crippen LogP contribution >= 0.6 is 0 Å². The van der Waals surface area contributed by atoms with Gasteiger partial charge < -0.3 is 15.0 Å². The number of nitriles is 1. The van der Waals surface area contributed by atoms with Gasteiger partial charge in [0.25, 0.3) is 11.5 Å². The van der Waals surface area contributed by atoms with Gasteiger partial charge in [-0.3, -0.25) is 19.0 Å². The van der Waals surface area contributed by atoms with E-state index in [4.69, 9.17) is 5.26 Å². The Hall–Kier alpha value is -4.52. The number of aryl methyl sites for hydroxylation is 2. The molecule has 4 aromatic rings. The summed E-state index contributed by atoms with van der Waals surface area (Å²) >= 11 is 0. The van der Waals surface area contributed by atoms with Crippen LogP contribution in [0, 0.1) is 18.3 Å². The van der Waals surface area contributed by atoms with E-state index in [2.05, 4.69) is 15.3 Å². The van der Waals surface area contributed by atoms with E-state index in [0.29, 0.717) is 27.8 Å². The van der Waals surface area contributed by atoms with Crippen LogP contribution in [0.3, 0.4) is 0 Å². The fourth-order valence-electron chi connectivity index (χ4n) is 3.56. The van der Waals surface area contributed by atoms with Crippen LogP contribution in [0.2, 0.25) is 0 Å². The number of carbonyl (C=O) groups excluding carboxylic acids is 1. The number of carboxylic acid groups (broad SMARTS) is 1. The standard InChI is InChI=1S/C22H18N6O4/c1-12-26-17-10-24-20-15(19(17)27(12)2)7-16(22(32)28(20)11-18(29)30)21(31)25-9-14-5-3-13(8-23)4-6-14/h3-7,10H,9,11H2,1-2H3,(H,25,31)(H,29,30). The van der Waals surface area contributed by atoms with E-state index in [-0.39, 0.29) is 17.8 Å². The molecule has 32 heavy (non-hydrogen) atoms. The summed E-state index contributed by atoms with van der Waals surface area (Å²) in [6.45, 7) is 1.31. The zero-order chi connectivity index (χ0) is 23.0. The van der Waals surface area contributed by atoms with E-state index in [1.165, 1.54) is 12.3 Å². The maximum Gasteiger partial charge on any atom is 0.323 e. The molecule has 3 aromatic heterocycles. The van der Waals surface area contributed by atoms with Gasteiger partial charge in [-0.2, -0.15) is 5.26 Å². The Morgan fingerprint density at radius 2 is 1.97 bits per heavy atom. The predicted molar refractivity (Wildman–Crippen MR) is 115 cm³/mol. The fraction of sp³-hybridized carbons (Fsp3) is 0.182. The molecule has 0 saturated carbocycles. The molecule has 2 N–H and O–H groups in total. The van der Waals surface area contributed by atoms with Crippen molar-refractivity contribution in [2.75, 3.05) is 0 Å². The average Bonchev–Trinajstić information content (AvgIpc) is 3.07. The molecule has 0 atom stereocenters. The number of hydrogen-bond acceptors (Lipinski definition) is 6. The number of hydrogen-bond donors (Lipinski definition) is 2. The summed E-state index contributed by atoms with van der Waals surface area (Å²) in [5.74, 6) is -1.17. The van der Waals surface area contributed by atoms with Crippen LogP contribution in [-0.4, -0.2) is 36.1 Å². The second kappa shape index (κ2) is 7.96. The Bertz CT molecular complexity index is 1490. The van der Waals surface area contributed by atoms with Gasteiger partial charge in [-0.05, 0) is 30.7 Å². The van der Waals surface area contributed by atoms with E-state index in [9.17, 15) is 19.5 Å². The number of rotatable bonds is 5. The monoisotopic (exact) mass is 430 g/mol. The summed E-state index contributed by atoms with van der Waals surface area (Å²) in [4.78, 5) is 46.0. The van der Waals surface area contributed by atoms with Gasteiger partial charge in [-0.25, -0.2) is 9.97 Å². The first kappa shape index (κ1) is 20.7. The molecule has 4 rings (SSSR count). The second-order valence-electron chi connectivity index (χ2n) is 7.28. The summed E-state index contributed by atoms with van der Waals surface area (Å²) < 4.78 is 2.78. The maximum atomic E-state index is 13.0. The highest BCUT2D eigenvalue weighted by Gasteiger charge is 2.21. The second-order valence-corrected chi connectivity index (χ2v) is 7.28. The third kappa shape index (κ3) is 3.56. The van der Waals surface area contributed by atoms with Crippen molar-refractivity contribution in [2.24, 2.45) is 7.05 Å². The zero-order valence-electron chi connectivity index (χ0n) is 17.3. The molecule has 10 nitrogen and oxygen atoms in total. The van der Waals surface area contributed by atoms with Gasteiger partial charge in [0, 0.05) is 19.0 Å². The van der Waals surface area contributed by atoms with Crippen molar-refractivity contribution >= 4 is 33.9 Å². The molecule has 0 unspecified atom stereocenters. The number of imidazole rings is 1. The first-order chi connectivity index (χ1) is 15.3. The van der Waals surface area contributed by atoms with Crippen molar-refractivity contribution in [3.05, 3.63) is 69.4 Å². The first-order valence-corrected chi connectivity index (χ1v) is 9.64. The Kier molecular flexibility index (Phi) is 5.16. The number of benzene rings is 1. The number of pyridine rings is 2. The van der Waals surface area contributed by atoms with Crippen LogP contribution in [0.1, 0.15) is 27.3 Å². The van der Waals surface area contributed by atoms with Gasteiger partial charge in [0.05, 0.1) is 23.3 Å². The molecule has 1 aromatic carbocycles. The smallest absolute Gasteiger partial charge is 0.323 e. The van der Waals surface area contributed by atoms with E-state index in [1.807, 2.05) is 13.0 Å². The van der Waals surface area contributed by atoms with Crippen LogP contribution in [0.25, 0.3) is 22.1 Å². The molecule has 10 heteroatoms. The van der Waals surface area contributed by atoms with Crippen molar-refractivity contribution in [1.29, 1.82) is 5.26 Å². The Balaban J connectivity index is 1.82. The van der Waals surface area contributed by atoms with Gasteiger partial charge in [-0.15, -0.1) is 0 Å². The third-order valence-electron chi connectivity index (χ3n) is 5.24. The van der Waals surface area contributed by atoms with Crippen LogP contribution < -0.4 is 10.9 Å². The minimum atomic E-state index is -1.23. The first-order valence-electron chi connectivity index (χ1n) is 9.64.